The molecule has 0 nitrogen and oxygen atoms in total. The Bertz CT molecular complexity index is 391. The van der Waals surface area contributed by atoms with Gasteiger partial charge in [0.25, 0.3) is 0 Å². The molecule has 0 amide bonds. The molecular formula is C16H22. The van der Waals surface area contributed by atoms with Crippen LogP contribution in [0.2, 0.25) is 0 Å². The fraction of sp³-hybridized carbons (Fsp3) is 0.625. The van der Waals surface area contributed by atoms with Gasteiger partial charge in [-0.05, 0) is 60.6 Å². The number of hydrogen-bond acceptors (Lipinski definition) is 0. The third-order valence-electron chi connectivity index (χ3n) is 4.96. The summed E-state index contributed by atoms with van der Waals surface area (Å²) in [5.41, 5.74) is 4.86. The molecule has 0 heterocycles. The first kappa shape index (κ1) is 10.4. The zero-order valence-electron chi connectivity index (χ0n) is 10.5. The topological polar surface area (TPSA) is 0 Å². The molecule has 3 atom stereocenters. The highest BCUT2D eigenvalue weighted by Gasteiger charge is 2.35. The Kier molecular flexibility index (Phi) is 2.53. The normalized spacial score (nSPS) is 33.0. The first-order valence-corrected chi connectivity index (χ1v) is 6.86. The van der Waals surface area contributed by atoms with Crippen LogP contribution in [0.1, 0.15) is 55.2 Å². The van der Waals surface area contributed by atoms with Crippen LogP contribution in [-0.4, -0.2) is 0 Å². The van der Waals surface area contributed by atoms with Crippen molar-refractivity contribution in [3.8, 4) is 0 Å². The standard InChI is InChI=1S/C16H22/c1-11-6-5-8-14-10-13-7-3-4-9-15(13)12(2)16(11)14/h5-6,8,12-13,15H,3-4,7,9-10H2,1-2H3. The van der Waals surface area contributed by atoms with E-state index in [1.54, 1.807) is 11.1 Å². The second-order valence-corrected chi connectivity index (χ2v) is 5.85. The van der Waals surface area contributed by atoms with Crippen molar-refractivity contribution in [2.45, 2.75) is 51.9 Å². The summed E-state index contributed by atoms with van der Waals surface area (Å²) in [6.07, 6.45) is 7.23. The van der Waals surface area contributed by atoms with Crippen molar-refractivity contribution in [2.75, 3.05) is 0 Å². The maximum Gasteiger partial charge on any atom is -0.0154 e. The van der Waals surface area contributed by atoms with Crippen LogP contribution in [0.3, 0.4) is 0 Å². The van der Waals surface area contributed by atoms with Gasteiger partial charge in [-0.15, -0.1) is 0 Å². The monoisotopic (exact) mass is 214 g/mol. The number of rotatable bonds is 0. The summed E-state index contributed by atoms with van der Waals surface area (Å²) in [5, 5.41) is 0. The molecule has 16 heavy (non-hydrogen) atoms. The first-order chi connectivity index (χ1) is 7.77. The Morgan fingerprint density at radius 1 is 1.12 bits per heavy atom. The number of aryl methyl sites for hydroxylation is 1. The van der Waals surface area contributed by atoms with Crippen LogP contribution in [0.25, 0.3) is 0 Å². The van der Waals surface area contributed by atoms with Crippen molar-refractivity contribution in [3.05, 3.63) is 34.9 Å². The van der Waals surface area contributed by atoms with Gasteiger partial charge in [0.05, 0.1) is 0 Å². The molecule has 0 saturated heterocycles. The Balaban J connectivity index is 2.03. The maximum absolute atomic E-state index is 2.47. The summed E-state index contributed by atoms with van der Waals surface area (Å²) in [6.45, 7) is 4.76. The van der Waals surface area contributed by atoms with E-state index in [0.29, 0.717) is 0 Å². The lowest BCUT2D eigenvalue weighted by molar-refractivity contribution is 0.191. The first-order valence-electron chi connectivity index (χ1n) is 6.86. The summed E-state index contributed by atoms with van der Waals surface area (Å²) < 4.78 is 0. The third kappa shape index (κ3) is 1.50. The second kappa shape index (κ2) is 3.91. The van der Waals surface area contributed by atoms with Crippen molar-refractivity contribution in [3.63, 3.8) is 0 Å². The van der Waals surface area contributed by atoms with E-state index < -0.39 is 0 Å². The van der Waals surface area contributed by atoms with Crippen molar-refractivity contribution < 1.29 is 0 Å². The largest absolute Gasteiger partial charge is 0.0617 e. The highest BCUT2D eigenvalue weighted by molar-refractivity contribution is 5.40. The van der Waals surface area contributed by atoms with Crippen LogP contribution in [0.5, 0.6) is 0 Å². The summed E-state index contributed by atoms with van der Waals surface area (Å²) in [6, 6.07) is 6.90. The summed E-state index contributed by atoms with van der Waals surface area (Å²) in [7, 11) is 0. The van der Waals surface area contributed by atoms with Gasteiger partial charge in [0, 0.05) is 0 Å². The molecule has 0 N–H and O–H groups in total. The minimum absolute atomic E-state index is 0.801. The third-order valence-corrected chi connectivity index (χ3v) is 4.96. The number of benzene rings is 1. The van der Waals surface area contributed by atoms with Gasteiger partial charge in [0.15, 0.2) is 0 Å². The molecule has 0 spiro atoms. The van der Waals surface area contributed by atoms with Gasteiger partial charge in [-0.3, -0.25) is 0 Å². The predicted molar refractivity (Wildman–Crippen MR) is 68.7 cm³/mol. The maximum atomic E-state index is 2.47. The second-order valence-electron chi connectivity index (χ2n) is 5.85. The molecule has 86 valence electrons. The molecule has 3 unspecified atom stereocenters. The van der Waals surface area contributed by atoms with Crippen molar-refractivity contribution in [1.29, 1.82) is 0 Å². The molecule has 2 aliphatic carbocycles. The van der Waals surface area contributed by atoms with Gasteiger partial charge >= 0.3 is 0 Å². The minimum Gasteiger partial charge on any atom is -0.0617 e. The number of hydrogen-bond donors (Lipinski definition) is 0. The van der Waals surface area contributed by atoms with Crippen LogP contribution < -0.4 is 0 Å². The molecule has 0 aromatic heterocycles. The Morgan fingerprint density at radius 2 is 1.94 bits per heavy atom. The van der Waals surface area contributed by atoms with Gasteiger partial charge in [-0.25, -0.2) is 0 Å². The number of fused-ring (bicyclic) bond motifs is 2. The zero-order valence-corrected chi connectivity index (χ0v) is 10.5. The van der Waals surface area contributed by atoms with Crippen LogP contribution >= 0.6 is 0 Å². The molecule has 3 rings (SSSR count). The zero-order chi connectivity index (χ0) is 11.1. The van der Waals surface area contributed by atoms with Crippen molar-refractivity contribution in [2.24, 2.45) is 11.8 Å². The highest BCUT2D eigenvalue weighted by atomic mass is 14.4. The van der Waals surface area contributed by atoms with E-state index in [4.69, 9.17) is 0 Å². The molecule has 0 aliphatic heterocycles. The van der Waals surface area contributed by atoms with E-state index in [2.05, 4.69) is 32.0 Å². The molecule has 1 saturated carbocycles. The smallest absolute Gasteiger partial charge is 0.0154 e. The fourth-order valence-electron chi connectivity index (χ4n) is 4.22. The molecular weight excluding hydrogens is 192 g/mol. The van der Waals surface area contributed by atoms with Gasteiger partial charge < -0.3 is 0 Å². The van der Waals surface area contributed by atoms with Crippen molar-refractivity contribution >= 4 is 0 Å². The van der Waals surface area contributed by atoms with Gasteiger partial charge in [-0.1, -0.05) is 38.0 Å². The van der Waals surface area contributed by atoms with Gasteiger partial charge in [0.2, 0.25) is 0 Å². The Morgan fingerprint density at radius 3 is 2.81 bits per heavy atom. The lowest BCUT2D eigenvalue weighted by Crippen LogP contribution is -2.31. The summed E-state index contributed by atoms with van der Waals surface area (Å²) in [4.78, 5) is 0. The van der Waals surface area contributed by atoms with Gasteiger partial charge in [-0.2, -0.15) is 0 Å². The van der Waals surface area contributed by atoms with Crippen LogP contribution in [0, 0.1) is 18.8 Å². The average Bonchev–Trinajstić information content (AvgIpc) is 2.29. The van der Waals surface area contributed by atoms with E-state index in [9.17, 15) is 0 Å². The Labute approximate surface area is 99.1 Å². The summed E-state index contributed by atoms with van der Waals surface area (Å²) >= 11 is 0. The molecule has 1 aromatic carbocycles. The quantitative estimate of drug-likeness (QED) is 0.598. The van der Waals surface area contributed by atoms with Gasteiger partial charge in [0.1, 0.15) is 0 Å². The van der Waals surface area contributed by atoms with Crippen LogP contribution in [-0.2, 0) is 6.42 Å². The molecule has 0 heteroatoms. The molecule has 2 aliphatic rings. The van der Waals surface area contributed by atoms with E-state index >= 15 is 0 Å². The summed E-state index contributed by atoms with van der Waals surface area (Å²) in [5.74, 6) is 2.76. The van der Waals surface area contributed by atoms with E-state index in [1.807, 2.05) is 0 Å². The highest BCUT2D eigenvalue weighted by Crippen LogP contribution is 2.47. The molecule has 0 bridgehead atoms. The lowest BCUT2D eigenvalue weighted by atomic mass is 9.63. The minimum atomic E-state index is 0.801. The SMILES string of the molecule is Cc1cccc2c1C(C)C1CCCCC1C2. The van der Waals surface area contributed by atoms with Crippen LogP contribution in [0.15, 0.2) is 18.2 Å². The van der Waals surface area contributed by atoms with E-state index in [0.717, 1.165) is 17.8 Å². The molecule has 1 fully saturated rings. The Hall–Kier alpha value is -0.780. The predicted octanol–water partition coefficient (Wildman–Crippen LogP) is 4.46. The fourth-order valence-corrected chi connectivity index (χ4v) is 4.22. The van der Waals surface area contributed by atoms with Crippen molar-refractivity contribution in [1.82, 2.24) is 0 Å². The molecule has 1 aromatic rings. The average molecular weight is 214 g/mol. The lowest BCUT2D eigenvalue weighted by Gasteiger charge is -2.42. The van der Waals surface area contributed by atoms with E-state index in [1.165, 1.54) is 37.7 Å². The van der Waals surface area contributed by atoms with Crippen LogP contribution in [0.4, 0.5) is 0 Å². The molecule has 0 radical (unpaired) electrons. The van der Waals surface area contributed by atoms with E-state index in [-0.39, 0.29) is 0 Å².